The van der Waals surface area contributed by atoms with Crippen molar-refractivity contribution in [2.75, 3.05) is 20.2 Å². The number of nitrogens with zero attached hydrogens (tertiary/aromatic N) is 1. The van der Waals surface area contributed by atoms with Gasteiger partial charge in [0.15, 0.2) is 0 Å². The molecule has 0 aromatic heterocycles. The summed E-state index contributed by atoms with van der Waals surface area (Å²) in [5.74, 6) is 0.492. The van der Waals surface area contributed by atoms with Gasteiger partial charge in [-0.1, -0.05) is 12.1 Å². The van der Waals surface area contributed by atoms with Crippen LogP contribution in [0.15, 0.2) is 18.2 Å². The number of ether oxygens (including phenoxy) is 1. The maximum absolute atomic E-state index is 12.5. The number of amides is 4. The van der Waals surface area contributed by atoms with Crippen molar-refractivity contribution in [1.29, 1.82) is 0 Å². The predicted molar refractivity (Wildman–Crippen MR) is 86.7 cm³/mol. The number of hydrogen-bond acceptors (Lipinski definition) is 4. The number of carbonyl (C=O) groups is 3. The van der Waals surface area contributed by atoms with Crippen molar-refractivity contribution < 1.29 is 19.1 Å². The van der Waals surface area contributed by atoms with Gasteiger partial charge < -0.3 is 15.0 Å². The summed E-state index contributed by atoms with van der Waals surface area (Å²) in [5, 5.41) is 4.97. The zero-order valence-electron chi connectivity index (χ0n) is 13.8. The Hall–Kier alpha value is -2.57. The van der Waals surface area contributed by atoms with Gasteiger partial charge in [0.05, 0.1) is 13.5 Å². The molecule has 0 atom stereocenters. The zero-order valence-corrected chi connectivity index (χ0v) is 13.8. The van der Waals surface area contributed by atoms with E-state index in [9.17, 15) is 14.4 Å². The van der Waals surface area contributed by atoms with E-state index in [0.29, 0.717) is 32.4 Å². The normalized spacial score (nSPS) is 19.2. The highest BCUT2D eigenvalue weighted by Gasteiger charge is 2.48. The predicted octanol–water partition coefficient (Wildman–Crippen LogP) is 0.747. The Morgan fingerprint density at radius 1 is 1.29 bits per heavy atom. The highest BCUT2D eigenvalue weighted by atomic mass is 16.5. The molecule has 24 heavy (non-hydrogen) atoms. The topological polar surface area (TPSA) is 87.7 Å². The monoisotopic (exact) mass is 331 g/mol. The van der Waals surface area contributed by atoms with E-state index in [-0.39, 0.29) is 11.8 Å². The van der Waals surface area contributed by atoms with Crippen molar-refractivity contribution in [2.24, 2.45) is 0 Å². The number of rotatable bonds is 3. The second kappa shape index (κ2) is 6.14. The minimum Gasteiger partial charge on any atom is -0.496 e. The second-order valence-electron chi connectivity index (χ2n) is 6.35. The molecular formula is C17H21N3O4. The number of aryl methyl sites for hydroxylation is 1. The Balaban J connectivity index is 1.61. The van der Waals surface area contributed by atoms with Crippen molar-refractivity contribution in [1.82, 2.24) is 15.5 Å². The van der Waals surface area contributed by atoms with Crippen molar-refractivity contribution in [3.8, 4) is 5.75 Å². The number of urea groups is 1. The Labute approximate surface area is 140 Å². The molecule has 2 N–H and O–H groups in total. The lowest BCUT2D eigenvalue weighted by atomic mass is 9.87. The summed E-state index contributed by atoms with van der Waals surface area (Å²) in [4.78, 5) is 37.5. The van der Waals surface area contributed by atoms with Gasteiger partial charge in [-0.05, 0) is 37.0 Å². The van der Waals surface area contributed by atoms with Crippen molar-refractivity contribution in [2.45, 2.75) is 31.7 Å². The molecule has 4 amide bonds. The standard InChI is InChI=1S/C17H21N3O4/c1-11-3-4-12(9-13(11)24-2)10-14(21)20-7-5-17(6-8-20)15(22)18-16(23)19-17/h3-4,9H,5-8,10H2,1-2H3,(H2,18,19,22,23). The van der Waals surface area contributed by atoms with Crippen LogP contribution in [0.4, 0.5) is 4.79 Å². The minimum absolute atomic E-state index is 0.0143. The lowest BCUT2D eigenvalue weighted by molar-refractivity contribution is -0.135. The lowest BCUT2D eigenvalue weighted by Gasteiger charge is -2.37. The molecule has 2 saturated heterocycles. The minimum atomic E-state index is -0.846. The molecule has 7 heteroatoms. The summed E-state index contributed by atoms with van der Waals surface area (Å²) in [6, 6.07) is 5.28. The molecule has 1 spiro atoms. The highest BCUT2D eigenvalue weighted by Crippen LogP contribution is 2.26. The van der Waals surface area contributed by atoms with Crippen LogP contribution in [-0.2, 0) is 16.0 Å². The first-order valence-electron chi connectivity index (χ1n) is 7.98. The Morgan fingerprint density at radius 2 is 2.00 bits per heavy atom. The van der Waals surface area contributed by atoms with Crippen molar-refractivity contribution in [3.05, 3.63) is 29.3 Å². The van der Waals surface area contributed by atoms with Gasteiger partial charge in [0.1, 0.15) is 11.3 Å². The molecule has 0 saturated carbocycles. The molecule has 2 aliphatic heterocycles. The number of imide groups is 1. The third-order valence-corrected chi connectivity index (χ3v) is 4.81. The molecule has 1 aromatic rings. The van der Waals surface area contributed by atoms with Crippen LogP contribution in [0.3, 0.4) is 0 Å². The SMILES string of the molecule is COc1cc(CC(=O)N2CCC3(CC2)NC(=O)NC3=O)ccc1C. The Morgan fingerprint density at radius 3 is 2.58 bits per heavy atom. The molecular weight excluding hydrogens is 310 g/mol. The molecule has 1 aromatic carbocycles. The van der Waals surface area contributed by atoms with Gasteiger partial charge in [-0.25, -0.2) is 4.79 Å². The molecule has 2 fully saturated rings. The van der Waals surface area contributed by atoms with E-state index in [2.05, 4.69) is 10.6 Å². The molecule has 2 heterocycles. The number of carbonyl (C=O) groups excluding carboxylic acids is 3. The van der Waals surface area contributed by atoms with Gasteiger partial charge >= 0.3 is 6.03 Å². The van der Waals surface area contributed by atoms with Crippen molar-refractivity contribution >= 4 is 17.8 Å². The van der Waals surface area contributed by atoms with Gasteiger partial charge in [0.25, 0.3) is 5.91 Å². The first-order valence-corrected chi connectivity index (χ1v) is 7.98. The van der Waals surface area contributed by atoms with Crippen LogP contribution >= 0.6 is 0 Å². The molecule has 3 rings (SSSR count). The summed E-state index contributed by atoms with van der Waals surface area (Å²) in [6.07, 6.45) is 1.17. The molecule has 0 bridgehead atoms. The van der Waals surface area contributed by atoms with Crippen LogP contribution in [-0.4, -0.2) is 48.5 Å². The van der Waals surface area contributed by atoms with Gasteiger partial charge in [-0.2, -0.15) is 0 Å². The summed E-state index contributed by atoms with van der Waals surface area (Å²) in [6.45, 7) is 2.86. The summed E-state index contributed by atoms with van der Waals surface area (Å²) < 4.78 is 5.29. The zero-order chi connectivity index (χ0) is 17.3. The molecule has 0 unspecified atom stereocenters. The highest BCUT2D eigenvalue weighted by molar-refractivity contribution is 6.07. The quantitative estimate of drug-likeness (QED) is 0.800. The first-order chi connectivity index (χ1) is 11.4. The Bertz CT molecular complexity index is 693. The van der Waals surface area contributed by atoms with Gasteiger partial charge in [0, 0.05) is 13.1 Å². The molecule has 0 radical (unpaired) electrons. The molecule has 128 valence electrons. The molecule has 0 aliphatic carbocycles. The number of benzene rings is 1. The number of nitrogens with one attached hydrogen (secondary N) is 2. The average molecular weight is 331 g/mol. The smallest absolute Gasteiger partial charge is 0.322 e. The van der Waals surface area contributed by atoms with Crippen LogP contribution in [0.5, 0.6) is 5.75 Å². The number of methoxy groups -OCH3 is 1. The number of hydrogen-bond donors (Lipinski definition) is 2. The van der Waals surface area contributed by atoms with E-state index in [1.807, 2.05) is 25.1 Å². The van der Waals surface area contributed by atoms with Crippen molar-refractivity contribution in [3.63, 3.8) is 0 Å². The van der Waals surface area contributed by atoms with Crippen LogP contribution in [0.1, 0.15) is 24.0 Å². The second-order valence-corrected chi connectivity index (χ2v) is 6.35. The fourth-order valence-electron chi connectivity index (χ4n) is 3.28. The summed E-state index contributed by atoms with van der Waals surface area (Å²) in [5.41, 5.74) is 1.08. The number of piperidine rings is 1. The van der Waals surface area contributed by atoms with Crippen LogP contribution in [0, 0.1) is 6.92 Å². The van der Waals surface area contributed by atoms with E-state index >= 15 is 0 Å². The molecule has 7 nitrogen and oxygen atoms in total. The third-order valence-electron chi connectivity index (χ3n) is 4.81. The summed E-state index contributed by atoms with van der Waals surface area (Å²) in [7, 11) is 1.61. The van der Waals surface area contributed by atoms with Crippen LogP contribution < -0.4 is 15.4 Å². The van der Waals surface area contributed by atoms with E-state index in [0.717, 1.165) is 16.9 Å². The van der Waals surface area contributed by atoms with E-state index in [4.69, 9.17) is 4.74 Å². The molecule has 2 aliphatic rings. The maximum atomic E-state index is 12.5. The van der Waals surface area contributed by atoms with E-state index in [1.54, 1.807) is 12.0 Å². The third kappa shape index (κ3) is 2.93. The van der Waals surface area contributed by atoms with E-state index in [1.165, 1.54) is 0 Å². The fraction of sp³-hybridized carbons (Fsp3) is 0.471. The van der Waals surface area contributed by atoms with Crippen LogP contribution in [0.2, 0.25) is 0 Å². The summed E-state index contributed by atoms with van der Waals surface area (Å²) >= 11 is 0. The van der Waals surface area contributed by atoms with E-state index < -0.39 is 11.6 Å². The van der Waals surface area contributed by atoms with Gasteiger partial charge in [-0.15, -0.1) is 0 Å². The first kappa shape index (κ1) is 16.3. The Kier molecular flexibility index (Phi) is 4.17. The number of likely N-dealkylation sites (tertiary alicyclic amines) is 1. The maximum Gasteiger partial charge on any atom is 0.322 e. The lowest BCUT2D eigenvalue weighted by Crippen LogP contribution is -2.55. The van der Waals surface area contributed by atoms with Gasteiger partial charge in [0.2, 0.25) is 5.91 Å². The average Bonchev–Trinajstić information content (AvgIpc) is 2.83. The van der Waals surface area contributed by atoms with Gasteiger partial charge in [-0.3, -0.25) is 14.9 Å². The van der Waals surface area contributed by atoms with Crippen LogP contribution in [0.25, 0.3) is 0 Å². The fourth-order valence-corrected chi connectivity index (χ4v) is 3.28. The largest absolute Gasteiger partial charge is 0.496 e.